The smallest absolute Gasteiger partial charge is 0.145 e. The third kappa shape index (κ3) is 6.54. The minimum absolute atomic E-state index is 0.113. The van der Waals surface area contributed by atoms with E-state index in [-0.39, 0.29) is 12.8 Å². The number of unbranched alkanes of at least 4 members (excludes halogenated alkanes) is 1. The first-order valence-electron chi connectivity index (χ1n) is 9.36. The van der Waals surface area contributed by atoms with Crippen LogP contribution < -0.4 is 19.7 Å². The number of carbonyl (C=O) groups excluding carboxylic acids is 2. The van der Waals surface area contributed by atoms with Gasteiger partial charge in [0.05, 0.1) is 11.9 Å². The van der Waals surface area contributed by atoms with E-state index in [1.165, 1.54) is 13.8 Å². The number of carbonyl (C=O) groups is 2. The second-order valence-corrected chi connectivity index (χ2v) is 8.23. The van der Waals surface area contributed by atoms with E-state index in [0.717, 1.165) is 0 Å². The van der Waals surface area contributed by atoms with Crippen molar-refractivity contribution in [3.8, 4) is 11.5 Å². The highest BCUT2D eigenvalue weighted by Gasteiger charge is 2.31. The van der Waals surface area contributed by atoms with Crippen molar-refractivity contribution in [2.45, 2.75) is 50.7 Å². The molecule has 0 aliphatic carbocycles. The van der Waals surface area contributed by atoms with Crippen molar-refractivity contribution in [3.05, 3.63) is 58.6 Å². The molecule has 0 aromatic heterocycles. The number of hydrogen-bond donors (Lipinski definition) is 0. The lowest BCUT2D eigenvalue weighted by Crippen LogP contribution is -2.51. The van der Waals surface area contributed by atoms with Crippen molar-refractivity contribution >= 4 is 35.1 Å². The van der Waals surface area contributed by atoms with Crippen molar-refractivity contribution < 1.29 is 29.3 Å². The highest BCUT2D eigenvalue weighted by Crippen LogP contribution is 2.28. The Bertz CT molecular complexity index is 795. The molecule has 2 aromatic rings. The summed E-state index contributed by atoms with van der Waals surface area (Å²) in [6.07, 6.45) is 0.958. The molecule has 6 nitrogen and oxygen atoms in total. The maximum atomic E-state index is 11.7. The highest BCUT2D eigenvalue weighted by molar-refractivity contribution is 6.30. The quantitative estimate of drug-likeness (QED) is 0.485. The predicted molar refractivity (Wildman–Crippen MR) is 109 cm³/mol. The molecule has 0 aliphatic rings. The first-order chi connectivity index (χ1) is 14.0. The van der Waals surface area contributed by atoms with Crippen LogP contribution in [0.2, 0.25) is 10.0 Å². The Balaban J connectivity index is 1.97. The van der Waals surface area contributed by atoms with Crippen molar-refractivity contribution in [1.82, 2.24) is 0 Å². The number of halogens is 2. The van der Waals surface area contributed by atoms with E-state index in [4.69, 9.17) is 32.7 Å². The lowest BCUT2D eigenvalue weighted by atomic mass is 9.93. The molecule has 2 rings (SSSR count). The van der Waals surface area contributed by atoms with Crippen molar-refractivity contribution in [2.75, 3.05) is 0 Å². The van der Waals surface area contributed by atoms with Gasteiger partial charge in [0, 0.05) is 10.0 Å². The second kappa shape index (κ2) is 10.0. The summed E-state index contributed by atoms with van der Waals surface area (Å²) in [4.78, 5) is 23.3. The van der Waals surface area contributed by atoms with Crippen molar-refractivity contribution in [3.63, 3.8) is 0 Å². The van der Waals surface area contributed by atoms with Crippen LogP contribution in [0.5, 0.6) is 11.5 Å². The average molecular weight is 453 g/mol. The van der Waals surface area contributed by atoms with E-state index < -0.39 is 23.1 Å². The van der Waals surface area contributed by atoms with Crippen LogP contribution in [0.3, 0.4) is 0 Å². The van der Waals surface area contributed by atoms with Crippen LogP contribution in [-0.2, 0) is 9.59 Å². The molecule has 2 atom stereocenters. The molecule has 0 spiro atoms. The summed E-state index contributed by atoms with van der Waals surface area (Å²) < 4.78 is 11.2. The van der Waals surface area contributed by atoms with Crippen molar-refractivity contribution in [2.24, 2.45) is 0 Å². The monoisotopic (exact) mass is 452 g/mol. The summed E-state index contributed by atoms with van der Waals surface area (Å²) in [6, 6.07) is 12.6. The molecule has 0 aliphatic heterocycles. The van der Waals surface area contributed by atoms with E-state index >= 15 is 0 Å². The van der Waals surface area contributed by atoms with Gasteiger partial charge in [-0.15, -0.1) is 0 Å². The number of rotatable bonds is 11. The number of hydrogen-bond acceptors (Lipinski definition) is 6. The van der Waals surface area contributed by atoms with Crippen LogP contribution in [0, 0.1) is 0 Å². The summed E-state index contributed by atoms with van der Waals surface area (Å²) >= 11 is 11.7. The van der Waals surface area contributed by atoms with E-state index in [1.54, 1.807) is 48.5 Å². The summed E-state index contributed by atoms with van der Waals surface area (Å²) in [7, 11) is 0. The fraction of sp³-hybridized carbons (Fsp3) is 0.364. The number of ether oxygens (including phenoxy) is 2. The lowest BCUT2D eigenvalue weighted by Gasteiger charge is -2.34. The van der Waals surface area contributed by atoms with Crippen LogP contribution in [0.25, 0.3) is 0 Å². The van der Waals surface area contributed by atoms with Gasteiger partial charge in [-0.2, -0.15) is 0 Å². The van der Waals surface area contributed by atoms with Gasteiger partial charge in [0.1, 0.15) is 22.7 Å². The maximum absolute atomic E-state index is 11.7. The molecule has 30 heavy (non-hydrogen) atoms. The molecule has 8 heteroatoms. The van der Waals surface area contributed by atoms with Crippen molar-refractivity contribution in [1.29, 1.82) is 0 Å². The van der Waals surface area contributed by atoms with Gasteiger partial charge < -0.3 is 29.3 Å². The molecule has 0 heterocycles. The van der Waals surface area contributed by atoms with Gasteiger partial charge in [-0.05, 0) is 88.1 Å². The molecule has 0 amide bonds. The van der Waals surface area contributed by atoms with E-state index in [9.17, 15) is 19.8 Å². The van der Waals surface area contributed by atoms with Crippen LogP contribution in [0.4, 0.5) is 0 Å². The summed E-state index contributed by atoms with van der Waals surface area (Å²) in [5, 5.41) is 24.3. The lowest BCUT2D eigenvalue weighted by molar-refractivity contribution is -0.323. The average Bonchev–Trinajstić information content (AvgIpc) is 2.69. The molecule has 0 N–H and O–H groups in total. The maximum Gasteiger partial charge on any atom is 0.145 e. The SMILES string of the molecule is CC(CCCCC(C)(Oc1ccc(Cl)cc1)C(=O)[O-])(Oc1ccc(Cl)cc1)C(=O)[O-]. The first-order valence-corrected chi connectivity index (χ1v) is 10.1. The number of benzene rings is 2. The third-order valence-electron chi connectivity index (χ3n) is 4.73. The minimum Gasteiger partial charge on any atom is -0.546 e. The topological polar surface area (TPSA) is 98.7 Å². The van der Waals surface area contributed by atoms with Crippen LogP contribution in [0.15, 0.2) is 48.5 Å². The molecule has 0 fully saturated rings. The van der Waals surface area contributed by atoms with Gasteiger partial charge in [0.2, 0.25) is 0 Å². The zero-order chi connectivity index (χ0) is 22.4. The Morgan fingerprint density at radius 3 is 1.30 bits per heavy atom. The standard InChI is InChI=1S/C22H24Cl2O6/c1-21(19(25)26,29-17-9-5-15(23)6-10-17)13-3-4-14-22(2,20(27)28)30-18-11-7-16(24)8-12-18/h5-12H,3-4,13-14H2,1-2H3,(H,25,26)(H,27,28)/p-2. The van der Waals surface area contributed by atoms with E-state index in [1.807, 2.05) is 0 Å². The normalized spacial score (nSPS) is 14.9. The number of aliphatic carboxylic acids is 2. The first kappa shape index (κ1) is 23.8. The van der Waals surface area contributed by atoms with E-state index in [0.29, 0.717) is 34.4 Å². The molecule has 0 bridgehead atoms. The molecular formula is C22H22Cl2O6-2. The Morgan fingerprint density at radius 1 is 0.733 bits per heavy atom. The largest absolute Gasteiger partial charge is 0.546 e. The zero-order valence-electron chi connectivity index (χ0n) is 16.7. The molecule has 2 aromatic carbocycles. The Labute approximate surface area is 185 Å². The Hall–Kier alpha value is -2.44. The highest BCUT2D eigenvalue weighted by atomic mass is 35.5. The predicted octanol–water partition coefficient (Wildman–Crippen LogP) is 3.03. The van der Waals surface area contributed by atoms with Crippen LogP contribution in [0.1, 0.15) is 39.5 Å². The van der Waals surface area contributed by atoms with Gasteiger partial charge in [0.25, 0.3) is 0 Å². The summed E-state index contributed by atoms with van der Waals surface area (Å²) in [6.45, 7) is 2.83. The molecule has 162 valence electrons. The molecule has 0 saturated heterocycles. The minimum atomic E-state index is -1.58. The molecule has 0 radical (unpaired) electrons. The fourth-order valence-electron chi connectivity index (χ4n) is 2.84. The van der Waals surface area contributed by atoms with Crippen LogP contribution >= 0.6 is 23.2 Å². The Kier molecular flexibility index (Phi) is 7.98. The number of carboxylic acids is 2. The van der Waals surface area contributed by atoms with E-state index in [2.05, 4.69) is 0 Å². The van der Waals surface area contributed by atoms with Gasteiger partial charge in [-0.25, -0.2) is 0 Å². The second-order valence-electron chi connectivity index (χ2n) is 7.36. The molecule has 2 unspecified atom stereocenters. The molecule has 0 saturated carbocycles. The van der Waals surface area contributed by atoms with Gasteiger partial charge in [0.15, 0.2) is 0 Å². The Morgan fingerprint density at radius 2 is 1.03 bits per heavy atom. The number of carboxylic acid groups (broad SMARTS) is 2. The van der Waals surface area contributed by atoms with Crippen LogP contribution in [-0.4, -0.2) is 23.1 Å². The third-order valence-corrected chi connectivity index (χ3v) is 5.24. The summed E-state index contributed by atoms with van der Waals surface area (Å²) in [5.74, 6) is -2.04. The molecular weight excluding hydrogens is 431 g/mol. The van der Waals surface area contributed by atoms with Gasteiger partial charge in [-0.1, -0.05) is 23.2 Å². The summed E-state index contributed by atoms with van der Waals surface area (Å²) in [5.41, 5.74) is -3.16. The zero-order valence-corrected chi connectivity index (χ0v) is 18.2. The van der Waals surface area contributed by atoms with Gasteiger partial charge in [-0.3, -0.25) is 0 Å². The fourth-order valence-corrected chi connectivity index (χ4v) is 3.09. The van der Waals surface area contributed by atoms with Gasteiger partial charge >= 0.3 is 0 Å².